The van der Waals surface area contributed by atoms with E-state index >= 15 is 0 Å². The fourth-order valence-electron chi connectivity index (χ4n) is 10.6. The summed E-state index contributed by atoms with van der Waals surface area (Å²) in [5.41, 5.74) is 19.7. The fourth-order valence-corrected chi connectivity index (χ4v) is 10.6. The van der Waals surface area contributed by atoms with Crippen LogP contribution in [0.4, 0.5) is 17.1 Å². The summed E-state index contributed by atoms with van der Waals surface area (Å²) in [5, 5.41) is 0. The SMILES string of the molecule is CC1(C)c2ccccc2-c2cccc(N(c3ccc(-c4ccc(C5C=CC=CC5)cc4)cc3)c3ccc4c(c3)-c3ccccc3C4(c3ccccc3)c3ccccc3)c21. The monoisotopic (exact) mass is 755 g/mol. The average molecular weight is 756 g/mol. The summed E-state index contributed by atoms with van der Waals surface area (Å²) < 4.78 is 0. The molecule has 282 valence electrons. The minimum Gasteiger partial charge on any atom is -0.310 e. The quantitative estimate of drug-likeness (QED) is 0.157. The predicted molar refractivity (Wildman–Crippen MR) is 247 cm³/mol. The van der Waals surface area contributed by atoms with Gasteiger partial charge < -0.3 is 4.90 Å². The predicted octanol–water partition coefficient (Wildman–Crippen LogP) is 15.1. The smallest absolute Gasteiger partial charge is 0.0713 e. The van der Waals surface area contributed by atoms with Crippen LogP contribution < -0.4 is 4.90 Å². The summed E-state index contributed by atoms with van der Waals surface area (Å²) in [4.78, 5) is 2.51. The van der Waals surface area contributed by atoms with Crippen molar-refractivity contribution in [1.29, 1.82) is 0 Å². The molecule has 0 heterocycles. The van der Waals surface area contributed by atoms with Crippen molar-refractivity contribution in [1.82, 2.24) is 0 Å². The van der Waals surface area contributed by atoms with E-state index in [9.17, 15) is 0 Å². The van der Waals surface area contributed by atoms with Crippen molar-refractivity contribution in [2.75, 3.05) is 4.90 Å². The molecule has 0 spiro atoms. The first kappa shape index (κ1) is 35.2. The summed E-state index contributed by atoms with van der Waals surface area (Å²) in [6, 6.07) is 72.6. The molecule has 8 aromatic rings. The molecule has 3 aliphatic carbocycles. The number of nitrogens with zero attached hydrogens (tertiary/aromatic N) is 1. The Morgan fingerprint density at radius 3 is 1.68 bits per heavy atom. The molecular weight excluding hydrogens is 711 g/mol. The average Bonchev–Trinajstić information content (AvgIpc) is 3.73. The van der Waals surface area contributed by atoms with Crippen LogP contribution in [0.2, 0.25) is 0 Å². The van der Waals surface area contributed by atoms with Crippen molar-refractivity contribution in [2.45, 2.75) is 37.0 Å². The number of hydrogen-bond donors (Lipinski definition) is 0. The Hall–Kier alpha value is -6.96. The molecule has 1 unspecified atom stereocenters. The van der Waals surface area contributed by atoms with Gasteiger partial charge in [0, 0.05) is 22.7 Å². The van der Waals surface area contributed by atoms with Crippen LogP contribution in [0.25, 0.3) is 33.4 Å². The Bertz CT molecular complexity index is 2870. The number of hydrogen-bond acceptors (Lipinski definition) is 1. The molecule has 1 heteroatoms. The summed E-state index contributed by atoms with van der Waals surface area (Å²) in [5.74, 6) is 0.442. The molecule has 0 aromatic heterocycles. The normalized spacial score (nSPS) is 16.2. The van der Waals surface area contributed by atoms with Crippen LogP contribution in [0.15, 0.2) is 218 Å². The molecule has 0 amide bonds. The minimum atomic E-state index is -0.448. The lowest BCUT2D eigenvalue weighted by molar-refractivity contribution is 0.661. The number of benzene rings is 8. The summed E-state index contributed by atoms with van der Waals surface area (Å²) in [6.07, 6.45) is 9.92. The van der Waals surface area contributed by atoms with E-state index in [1.54, 1.807) is 0 Å². The molecule has 0 N–H and O–H groups in total. The van der Waals surface area contributed by atoms with Crippen LogP contribution in [0.1, 0.15) is 65.1 Å². The first-order valence-corrected chi connectivity index (χ1v) is 21.0. The van der Waals surface area contributed by atoms with E-state index < -0.39 is 5.41 Å². The van der Waals surface area contributed by atoms with Crippen LogP contribution >= 0.6 is 0 Å². The second kappa shape index (κ2) is 13.9. The highest BCUT2D eigenvalue weighted by Gasteiger charge is 2.46. The highest BCUT2D eigenvalue weighted by Crippen LogP contribution is 2.58. The molecule has 0 aliphatic heterocycles. The second-order valence-corrected chi connectivity index (χ2v) is 16.8. The van der Waals surface area contributed by atoms with Crippen LogP contribution in [0, 0.1) is 0 Å². The zero-order valence-corrected chi connectivity index (χ0v) is 33.5. The van der Waals surface area contributed by atoms with Gasteiger partial charge in [0.25, 0.3) is 0 Å². The van der Waals surface area contributed by atoms with Crippen LogP contribution in [-0.4, -0.2) is 0 Å². The molecule has 3 aliphatic rings. The third-order valence-electron chi connectivity index (χ3n) is 13.3. The van der Waals surface area contributed by atoms with Gasteiger partial charge in [-0.05, 0) is 109 Å². The molecule has 0 radical (unpaired) electrons. The van der Waals surface area contributed by atoms with Crippen molar-refractivity contribution in [3.8, 4) is 33.4 Å². The van der Waals surface area contributed by atoms with E-state index in [1.165, 1.54) is 78.0 Å². The fraction of sp³-hybridized carbons (Fsp3) is 0.103. The number of anilines is 3. The van der Waals surface area contributed by atoms with E-state index in [-0.39, 0.29) is 5.41 Å². The van der Waals surface area contributed by atoms with E-state index in [0.29, 0.717) is 5.92 Å². The van der Waals surface area contributed by atoms with E-state index in [2.05, 4.69) is 237 Å². The highest BCUT2D eigenvalue weighted by molar-refractivity contribution is 5.94. The summed E-state index contributed by atoms with van der Waals surface area (Å²) in [7, 11) is 0. The van der Waals surface area contributed by atoms with Crippen LogP contribution in [0.5, 0.6) is 0 Å². The van der Waals surface area contributed by atoms with Crippen molar-refractivity contribution < 1.29 is 0 Å². The van der Waals surface area contributed by atoms with Gasteiger partial charge >= 0.3 is 0 Å². The zero-order valence-electron chi connectivity index (χ0n) is 33.5. The third-order valence-corrected chi connectivity index (χ3v) is 13.3. The summed E-state index contributed by atoms with van der Waals surface area (Å²) >= 11 is 0. The van der Waals surface area contributed by atoms with E-state index in [4.69, 9.17) is 0 Å². The maximum absolute atomic E-state index is 2.51. The van der Waals surface area contributed by atoms with Crippen LogP contribution in [-0.2, 0) is 10.8 Å². The van der Waals surface area contributed by atoms with Gasteiger partial charge in [0.1, 0.15) is 0 Å². The van der Waals surface area contributed by atoms with Gasteiger partial charge in [0.05, 0.1) is 11.1 Å². The molecule has 59 heavy (non-hydrogen) atoms. The Labute approximate surface area is 348 Å². The maximum atomic E-state index is 2.51. The largest absolute Gasteiger partial charge is 0.310 e. The Balaban J connectivity index is 1.09. The molecule has 11 rings (SSSR count). The zero-order chi connectivity index (χ0) is 39.6. The number of allylic oxidation sites excluding steroid dienone is 4. The molecule has 0 bridgehead atoms. The number of fused-ring (bicyclic) bond motifs is 6. The Morgan fingerprint density at radius 1 is 0.458 bits per heavy atom. The van der Waals surface area contributed by atoms with Gasteiger partial charge in [-0.1, -0.05) is 202 Å². The Morgan fingerprint density at radius 2 is 1.02 bits per heavy atom. The van der Waals surface area contributed by atoms with Crippen molar-refractivity contribution >= 4 is 17.1 Å². The third kappa shape index (κ3) is 5.45. The second-order valence-electron chi connectivity index (χ2n) is 16.8. The molecule has 1 atom stereocenters. The molecule has 0 saturated carbocycles. The number of rotatable bonds is 7. The highest BCUT2D eigenvalue weighted by atomic mass is 15.1. The van der Waals surface area contributed by atoms with Gasteiger partial charge in [-0.25, -0.2) is 0 Å². The van der Waals surface area contributed by atoms with Gasteiger partial charge in [0.2, 0.25) is 0 Å². The summed E-state index contributed by atoms with van der Waals surface area (Å²) in [6.45, 7) is 4.77. The van der Waals surface area contributed by atoms with Crippen molar-refractivity contribution in [3.63, 3.8) is 0 Å². The molecule has 8 aromatic carbocycles. The van der Waals surface area contributed by atoms with Crippen LogP contribution in [0.3, 0.4) is 0 Å². The van der Waals surface area contributed by atoms with E-state index in [1.807, 2.05) is 0 Å². The van der Waals surface area contributed by atoms with Gasteiger partial charge in [-0.15, -0.1) is 0 Å². The van der Waals surface area contributed by atoms with Crippen molar-refractivity contribution in [3.05, 3.63) is 257 Å². The maximum Gasteiger partial charge on any atom is 0.0713 e. The first-order chi connectivity index (χ1) is 29.0. The standard InChI is InChI=1S/C58H45N/c1-57(2)52-26-14-12-23-48(52)50-25-16-28-55(56(50)57)59(46-35-33-43(34-36-46)42-31-29-41(30-32-42)40-17-6-3-7-18-40)47-37-38-54-51(39-47)49-24-13-15-27-53(49)58(54,44-19-8-4-9-20-44)45-21-10-5-11-22-45/h3-17,19-40H,18H2,1-2H3. The molecule has 0 saturated heterocycles. The molecule has 1 nitrogen and oxygen atoms in total. The lowest BCUT2D eigenvalue weighted by Gasteiger charge is -2.35. The Kier molecular flexibility index (Phi) is 8.27. The molecular formula is C58H45N. The van der Waals surface area contributed by atoms with Gasteiger partial charge in [-0.2, -0.15) is 0 Å². The first-order valence-electron chi connectivity index (χ1n) is 21.0. The lowest BCUT2D eigenvalue weighted by atomic mass is 9.68. The van der Waals surface area contributed by atoms with Crippen molar-refractivity contribution in [2.24, 2.45) is 0 Å². The van der Waals surface area contributed by atoms with E-state index in [0.717, 1.165) is 17.8 Å². The topological polar surface area (TPSA) is 3.24 Å². The molecule has 0 fully saturated rings. The van der Waals surface area contributed by atoms with Gasteiger partial charge in [-0.3, -0.25) is 0 Å². The lowest BCUT2D eigenvalue weighted by Crippen LogP contribution is -2.28. The minimum absolute atomic E-state index is 0.190. The van der Waals surface area contributed by atoms with Gasteiger partial charge in [0.15, 0.2) is 0 Å².